The quantitative estimate of drug-likeness (QED) is 0.147. The second-order valence-corrected chi connectivity index (χ2v) is 15.4. The van der Waals surface area contributed by atoms with Gasteiger partial charge in [0.25, 0.3) is 0 Å². The molecule has 0 amide bonds. The van der Waals surface area contributed by atoms with Crippen molar-refractivity contribution < 1.29 is 0 Å². The Hall–Kier alpha value is -7.87. The molecule has 11 rings (SSSR count). The zero-order valence-electron chi connectivity index (χ0n) is 33.0. The third-order valence-corrected chi connectivity index (χ3v) is 11.8. The lowest BCUT2D eigenvalue weighted by molar-refractivity contribution is 1.40. The monoisotopic (exact) mass is 761 g/mol. The van der Waals surface area contributed by atoms with E-state index in [0.29, 0.717) is 0 Å². The van der Waals surface area contributed by atoms with Gasteiger partial charge in [-0.05, 0) is 125 Å². The summed E-state index contributed by atoms with van der Waals surface area (Å²) in [7, 11) is 0. The molecular weight excluding hydrogens is 723 g/mol. The molecule has 0 atom stereocenters. The summed E-state index contributed by atoms with van der Waals surface area (Å²) in [5, 5.41) is 6.04. The average molecular weight is 762 g/mol. The Morgan fingerprint density at radius 1 is 0.233 bits per heavy atom. The topological polar surface area (TPSA) is 12.9 Å². The molecule has 0 bridgehead atoms. The number of nitrogens with zero attached hydrogens (tertiary/aromatic N) is 1. The van der Waals surface area contributed by atoms with Crippen molar-refractivity contribution in [3.8, 4) is 78.0 Å². The molecule has 1 aromatic heterocycles. The van der Waals surface area contributed by atoms with E-state index in [1.165, 1.54) is 88.3 Å². The van der Waals surface area contributed by atoms with Crippen LogP contribution in [0, 0.1) is 0 Å². The average Bonchev–Trinajstić information content (AvgIpc) is 3.33. The highest BCUT2D eigenvalue weighted by atomic mass is 14.7. The maximum atomic E-state index is 5.06. The van der Waals surface area contributed by atoms with Gasteiger partial charge in [0.05, 0.1) is 11.2 Å². The number of benzene rings is 10. The summed E-state index contributed by atoms with van der Waals surface area (Å²) < 4.78 is 0. The van der Waals surface area contributed by atoms with Gasteiger partial charge in [0.15, 0.2) is 0 Å². The summed E-state index contributed by atoms with van der Waals surface area (Å²) in [6, 6.07) is 85.7. The number of hydrogen-bond acceptors (Lipinski definition) is 1. The van der Waals surface area contributed by atoms with Crippen LogP contribution in [0.2, 0.25) is 0 Å². The van der Waals surface area contributed by atoms with Crippen LogP contribution in [0.25, 0.3) is 110 Å². The largest absolute Gasteiger partial charge is 0.248 e. The molecule has 1 heteroatoms. The SMILES string of the molecule is c1ccc(-c2cc(-c3ccccc3)c(-c3cccc(-c4c5ccccc5c(-c5cccc(-c6ccc7ccccc7n6)c5)c5ccccc45)c3)c(-c3ccccc3)c2)cc1. The zero-order valence-corrected chi connectivity index (χ0v) is 33.0. The molecule has 0 radical (unpaired) electrons. The van der Waals surface area contributed by atoms with Gasteiger partial charge < -0.3 is 0 Å². The van der Waals surface area contributed by atoms with Crippen molar-refractivity contribution in [1.29, 1.82) is 0 Å². The molecule has 0 fully saturated rings. The van der Waals surface area contributed by atoms with E-state index in [9.17, 15) is 0 Å². The Bertz CT molecular complexity index is 3230. The van der Waals surface area contributed by atoms with Crippen LogP contribution in [-0.2, 0) is 0 Å². The highest BCUT2D eigenvalue weighted by Gasteiger charge is 2.21. The molecule has 0 N–H and O–H groups in total. The van der Waals surface area contributed by atoms with Crippen molar-refractivity contribution in [3.63, 3.8) is 0 Å². The molecule has 0 saturated carbocycles. The fourth-order valence-corrected chi connectivity index (χ4v) is 9.08. The Morgan fingerprint density at radius 2 is 0.633 bits per heavy atom. The first kappa shape index (κ1) is 35.3. The molecule has 1 heterocycles. The van der Waals surface area contributed by atoms with E-state index in [4.69, 9.17) is 4.98 Å². The molecule has 11 aromatic rings. The first-order valence-electron chi connectivity index (χ1n) is 20.6. The van der Waals surface area contributed by atoms with Crippen LogP contribution in [0.15, 0.2) is 237 Å². The Kier molecular flexibility index (Phi) is 8.91. The Morgan fingerprint density at radius 3 is 1.17 bits per heavy atom. The van der Waals surface area contributed by atoms with E-state index in [2.05, 4.69) is 237 Å². The third kappa shape index (κ3) is 6.34. The van der Waals surface area contributed by atoms with Gasteiger partial charge in [0.2, 0.25) is 0 Å². The standard InChI is InChI=1S/C59H39N/c1-4-18-40(19-5-1)48-38-53(41-20-6-2-7-21-41)59(54(39-48)42-22-8-3-9-23-42)47-28-17-27-46(37-47)58-51-31-13-11-29-49(51)57(50-30-12-14-32-52(50)58)45-26-16-25-44(36-45)56-35-34-43-24-10-15-33-55(43)60-56/h1-39H. The third-order valence-electron chi connectivity index (χ3n) is 11.8. The van der Waals surface area contributed by atoms with Crippen LogP contribution in [0.5, 0.6) is 0 Å². The van der Waals surface area contributed by atoms with Gasteiger partial charge in [-0.1, -0.05) is 200 Å². The normalized spacial score (nSPS) is 11.3. The van der Waals surface area contributed by atoms with E-state index >= 15 is 0 Å². The molecule has 0 saturated heterocycles. The smallest absolute Gasteiger partial charge is 0.0709 e. The van der Waals surface area contributed by atoms with Crippen LogP contribution in [0.1, 0.15) is 0 Å². The number of aromatic nitrogens is 1. The number of hydrogen-bond donors (Lipinski definition) is 0. The summed E-state index contributed by atoms with van der Waals surface area (Å²) >= 11 is 0. The molecule has 0 aliphatic carbocycles. The van der Waals surface area contributed by atoms with Crippen molar-refractivity contribution in [3.05, 3.63) is 237 Å². The highest BCUT2D eigenvalue weighted by molar-refractivity contribution is 6.21. The molecule has 10 aromatic carbocycles. The fourth-order valence-electron chi connectivity index (χ4n) is 9.08. The van der Waals surface area contributed by atoms with Crippen LogP contribution >= 0.6 is 0 Å². The van der Waals surface area contributed by atoms with Crippen LogP contribution in [0.4, 0.5) is 0 Å². The van der Waals surface area contributed by atoms with Crippen LogP contribution < -0.4 is 0 Å². The lowest BCUT2D eigenvalue weighted by Crippen LogP contribution is -1.94. The molecule has 1 nitrogen and oxygen atoms in total. The van der Waals surface area contributed by atoms with E-state index in [1.807, 2.05) is 0 Å². The van der Waals surface area contributed by atoms with Crippen molar-refractivity contribution in [2.75, 3.05) is 0 Å². The van der Waals surface area contributed by atoms with Gasteiger partial charge in [-0.25, -0.2) is 4.98 Å². The first-order chi connectivity index (χ1) is 29.8. The van der Waals surface area contributed by atoms with E-state index in [1.54, 1.807) is 0 Å². The van der Waals surface area contributed by atoms with Gasteiger partial charge in [-0.2, -0.15) is 0 Å². The fraction of sp³-hybridized carbons (Fsp3) is 0. The minimum atomic E-state index is 0.971. The van der Waals surface area contributed by atoms with Crippen molar-refractivity contribution >= 4 is 32.4 Å². The van der Waals surface area contributed by atoms with Crippen molar-refractivity contribution in [2.24, 2.45) is 0 Å². The molecule has 60 heavy (non-hydrogen) atoms. The second-order valence-electron chi connectivity index (χ2n) is 15.4. The predicted molar refractivity (Wildman–Crippen MR) is 255 cm³/mol. The van der Waals surface area contributed by atoms with Gasteiger partial charge in [0, 0.05) is 10.9 Å². The molecule has 280 valence electrons. The minimum Gasteiger partial charge on any atom is -0.248 e. The van der Waals surface area contributed by atoms with Gasteiger partial charge >= 0.3 is 0 Å². The van der Waals surface area contributed by atoms with Gasteiger partial charge in [-0.15, -0.1) is 0 Å². The maximum absolute atomic E-state index is 5.06. The lowest BCUT2D eigenvalue weighted by atomic mass is 9.82. The van der Waals surface area contributed by atoms with Gasteiger partial charge in [-0.3, -0.25) is 0 Å². The summed E-state index contributed by atoms with van der Waals surface area (Å²) in [6.07, 6.45) is 0. The Balaban J connectivity index is 1.13. The predicted octanol–water partition coefficient (Wildman–Crippen LogP) is 16.2. The summed E-state index contributed by atoms with van der Waals surface area (Å²) in [4.78, 5) is 5.06. The van der Waals surface area contributed by atoms with Crippen molar-refractivity contribution in [2.45, 2.75) is 0 Å². The van der Waals surface area contributed by atoms with Crippen LogP contribution in [-0.4, -0.2) is 4.98 Å². The molecule has 0 unspecified atom stereocenters. The molecular formula is C59H39N. The second kappa shape index (κ2) is 15.1. The molecule has 0 aliphatic heterocycles. The van der Waals surface area contributed by atoms with E-state index in [-0.39, 0.29) is 0 Å². The summed E-state index contributed by atoms with van der Waals surface area (Å²) in [6.45, 7) is 0. The van der Waals surface area contributed by atoms with Gasteiger partial charge in [0.1, 0.15) is 0 Å². The molecule has 0 spiro atoms. The zero-order chi connectivity index (χ0) is 39.8. The van der Waals surface area contributed by atoms with Crippen molar-refractivity contribution in [1.82, 2.24) is 4.98 Å². The van der Waals surface area contributed by atoms with Crippen LogP contribution in [0.3, 0.4) is 0 Å². The lowest BCUT2D eigenvalue weighted by Gasteiger charge is -2.21. The highest BCUT2D eigenvalue weighted by Crippen LogP contribution is 2.47. The number of fused-ring (bicyclic) bond motifs is 3. The Labute approximate surface area is 350 Å². The minimum absolute atomic E-state index is 0.971. The number of pyridine rings is 1. The number of para-hydroxylation sites is 1. The molecule has 0 aliphatic rings. The summed E-state index contributed by atoms with van der Waals surface area (Å²) in [5.41, 5.74) is 17.5. The maximum Gasteiger partial charge on any atom is 0.0709 e. The summed E-state index contributed by atoms with van der Waals surface area (Å²) in [5.74, 6) is 0. The van der Waals surface area contributed by atoms with E-state index < -0.39 is 0 Å². The first-order valence-corrected chi connectivity index (χ1v) is 20.6. The number of rotatable bonds is 7. The van der Waals surface area contributed by atoms with E-state index in [0.717, 1.165) is 22.2 Å².